The van der Waals surface area contributed by atoms with E-state index in [2.05, 4.69) is 41.5 Å². The Kier molecular flexibility index (Phi) is 6.06. The molecule has 0 bridgehead atoms. The smallest absolute Gasteiger partial charge is 0.314 e. The van der Waals surface area contributed by atoms with E-state index in [-0.39, 0.29) is 23.6 Å². The Bertz CT molecular complexity index is 319. The van der Waals surface area contributed by atoms with Crippen molar-refractivity contribution in [3.63, 3.8) is 0 Å². The molecule has 1 aliphatic rings. The van der Waals surface area contributed by atoms with Gasteiger partial charge in [0, 0.05) is 0 Å². The van der Waals surface area contributed by atoms with Crippen molar-refractivity contribution in [1.29, 1.82) is 0 Å². The molecule has 0 spiro atoms. The van der Waals surface area contributed by atoms with Gasteiger partial charge in [0.2, 0.25) is 0 Å². The predicted octanol–water partition coefficient (Wildman–Crippen LogP) is 4.40. The molecule has 3 heteroatoms. The zero-order chi connectivity index (χ0) is 15.4. The van der Waals surface area contributed by atoms with Gasteiger partial charge in [-0.1, -0.05) is 47.5 Å². The molecular formula is C17H32O3. The molecule has 1 saturated carbocycles. The largest absolute Gasteiger partial charge is 0.438 e. The van der Waals surface area contributed by atoms with Crippen molar-refractivity contribution in [1.82, 2.24) is 0 Å². The van der Waals surface area contributed by atoms with Crippen LogP contribution in [0.2, 0.25) is 0 Å². The highest BCUT2D eigenvalue weighted by molar-refractivity contribution is 5.77. The SMILES string of the molecule is CCC1CC(CC)C(C)(C(=O)OCOCC(C)(C)C)C1. The molecule has 3 unspecified atom stereocenters. The molecule has 1 rings (SSSR count). The van der Waals surface area contributed by atoms with Gasteiger partial charge < -0.3 is 9.47 Å². The lowest BCUT2D eigenvalue weighted by Crippen LogP contribution is -2.34. The van der Waals surface area contributed by atoms with E-state index in [0.29, 0.717) is 18.4 Å². The van der Waals surface area contributed by atoms with Crippen LogP contribution < -0.4 is 0 Å². The molecule has 118 valence electrons. The van der Waals surface area contributed by atoms with E-state index in [4.69, 9.17) is 9.47 Å². The number of carbonyl (C=O) groups excluding carboxylic acids is 1. The molecule has 1 aliphatic carbocycles. The van der Waals surface area contributed by atoms with Gasteiger partial charge in [0.25, 0.3) is 0 Å². The van der Waals surface area contributed by atoms with Crippen LogP contribution in [0.1, 0.15) is 67.2 Å². The van der Waals surface area contributed by atoms with Crippen LogP contribution in [0.5, 0.6) is 0 Å². The normalized spacial score (nSPS) is 30.5. The molecule has 20 heavy (non-hydrogen) atoms. The molecule has 0 aromatic rings. The summed E-state index contributed by atoms with van der Waals surface area (Å²) in [5.41, 5.74) is -0.219. The first-order valence-corrected chi connectivity index (χ1v) is 7.98. The number of ether oxygens (including phenoxy) is 2. The van der Waals surface area contributed by atoms with Crippen LogP contribution >= 0.6 is 0 Å². The highest BCUT2D eigenvalue weighted by atomic mass is 16.7. The second-order valence-corrected chi connectivity index (χ2v) is 7.70. The van der Waals surface area contributed by atoms with E-state index >= 15 is 0 Å². The Morgan fingerprint density at radius 2 is 1.90 bits per heavy atom. The summed E-state index contributed by atoms with van der Waals surface area (Å²) in [6.45, 7) is 13.4. The third-order valence-electron chi connectivity index (χ3n) is 4.58. The van der Waals surface area contributed by atoms with E-state index in [1.807, 2.05) is 0 Å². The van der Waals surface area contributed by atoms with Gasteiger partial charge in [0.1, 0.15) is 0 Å². The minimum absolute atomic E-state index is 0.0748. The molecule has 3 nitrogen and oxygen atoms in total. The monoisotopic (exact) mass is 284 g/mol. The van der Waals surface area contributed by atoms with Gasteiger partial charge in [-0.3, -0.25) is 4.79 Å². The molecule has 1 fully saturated rings. The summed E-state index contributed by atoms with van der Waals surface area (Å²) in [7, 11) is 0. The Balaban J connectivity index is 2.48. The molecule has 0 heterocycles. The topological polar surface area (TPSA) is 35.5 Å². The highest BCUT2D eigenvalue weighted by Gasteiger charge is 2.48. The maximum absolute atomic E-state index is 12.4. The zero-order valence-corrected chi connectivity index (χ0v) is 14.1. The highest BCUT2D eigenvalue weighted by Crippen LogP contribution is 2.49. The standard InChI is InChI=1S/C17H32O3/c1-7-13-9-14(8-2)17(6,10-13)15(18)20-12-19-11-16(3,4)5/h13-14H,7-12H2,1-6H3. The van der Waals surface area contributed by atoms with Gasteiger partial charge in [-0.15, -0.1) is 0 Å². The molecular weight excluding hydrogens is 252 g/mol. The van der Waals surface area contributed by atoms with Crippen molar-refractivity contribution in [2.75, 3.05) is 13.4 Å². The first-order chi connectivity index (χ1) is 9.23. The average Bonchev–Trinajstić information content (AvgIpc) is 2.71. The lowest BCUT2D eigenvalue weighted by atomic mass is 9.78. The van der Waals surface area contributed by atoms with E-state index in [0.717, 1.165) is 25.7 Å². The second kappa shape index (κ2) is 6.93. The lowest BCUT2D eigenvalue weighted by Gasteiger charge is -2.28. The van der Waals surface area contributed by atoms with Gasteiger partial charge in [0.05, 0.1) is 12.0 Å². The third-order valence-corrected chi connectivity index (χ3v) is 4.58. The number of carbonyl (C=O) groups is 1. The summed E-state index contributed by atoms with van der Waals surface area (Å²) in [5.74, 6) is 1.03. The molecule has 0 radical (unpaired) electrons. The Hall–Kier alpha value is -0.570. The van der Waals surface area contributed by atoms with Crippen molar-refractivity contribution in [3.05, 3.63) is 0 Å². The van der Waals surface area contributed by atoms with Crippen LogP contribution in [-0.2, 0) is 14.3 Å². The quantitative estimate of drug-likeness (QED) is 0.412. The molecule has 0 aromatic carbocycles. The van der Waals surface area contributed by atoms with E-state index in [9.17, 15) is 4.79 Å². The van der Waals surface area contributed by atoms with E-state index in [1.165, 1.54) is 0 Å². The maximum Gasteiger partial charge on any atom is 0.314 e. The Morgan fingerprint density at radius 3 is 2.40 bits per heavy atom. The van der Waals surface area contributed by atoms with E-state index in [1.54, 1.807) is 0 Å². The van der Waals surface area contributed by atoms with Crippen LogP contribution in [0.15, 0.2) is 0 Å². The summed E-state index contributed by atoms with van der Waals surface area (Å²) in [6, 6.07) is 0. The van der Waals surface area contributed by atoms with Crippen LogP contribution in [-0.4, -0.2) is 19.4 Å². The van der Waals surface area contributed by atoms with Gasteiger partial charge in [0.15, 0.2) is 6.79 Å². The van der Waals surface area contributed by atoms with Crippen molar-refractivity contribution >= 4 is 5.97 Å². The number of esters is 1. The van der Waals surface area contributed by atoms with Crippen LogP contribution in [0.3, 0.4) is 0 Å². The van der Waals surface area contributed by atoms with Crippen molar-refractivity contribution in [2.45, 2.75) is 67.2 Å². The van der Waals surface area contributed by atoms with Crippen molar-refractivity contribution in [2.24, 2.45) is 22.7 Å². The van der Waals surface area contributed by atoms with Gasteiger partial charge in [-0.05, 0) is 37.0 Å². The van der Waals surface area contributed by atoms with Gasteiger partial charge in [-0.25, -0.2) is 0 Å². The number of rotatable bonds is 6. The van der Waals surface area contributed by atoms with Crippen LogP contribution in [0.25, 0.3) is 0 Å². The minimum Gasteiger partial charge on any atom is -0.438 e. The molecule has 0 N–H and O–H groups in total. The fourth-order valence-corrected chi connectivity index (χ4v) is 3.30. The van der Waals surface area contributed by atoms with Gasteiger partial charge >= 0.3 is 5.97 Å². The summed E-state index contributed by atoms with van der Waals surface area (Å²) in [4.78, 5) is 12.4. The third kappa shape index (κ3) is 4.47. The van der Waals surface area contributed by atoms with Crippen LogP contribution in [0.4, 0.5) is 0 Å². The Morgan fingerprint density at radius 1 is 1.25 bits per heavy atom. The van der Waals surface area contributed by atoms with Crippen molar-refractivity contribution in [3.8, 4) is 0 Å². The summed E-state index contributed by atoms with van der Waals surface area (Å²) >= 11 is 0. The average molecular weight is 284 g/mol. The lowest BCUT2D eigenvalue weighted by molar-refractivity contribution is -0.172. The summed E-state index contributed by atoms with van der Waals surface area (Å²) in [5, 5.41) is 0. The van der Waals surface area contributed by atoms with Crippen molar-refractivity contribution < 1.29 is 14.3 Å². The fraction of sp³-hybridized carbons (Fsp3) is 0.941. The molecule has 0 amide bonds. The second-order valence-electron chi connectivity index (χ2n) is 7.70. The molecule has 0 aliphatic heterocycles. The summed E-state index contributed by atoms with van der Waals surface area (Å²) < 4.78 is 10.8. The number of hydrogen-bond acceptors (Lipinski definition) is 3. The van der Waals surface area contributed by atoms with Gasteiger partial charge in [-0.2, -0.15) is 0 Å². The van der Waals surface area contributed by atoms with Crippen LogP contribution in [0, 0.1) is 22.7 Å². The molecule has 0 aromatic heterocycles. The first-order valence-electron chi connectivity index (χ1n) is 7.98. The predicted molar refractivity (Wildman–Crippen MR) is 81.3 cm³/mol. The molecule has 0 saturated heterocycles. The first kappa shape index (κ1) is 17.5. The number of hydrogen-bond donors (Lipinski definition) is 0. The zero-order valence-electron chi connectivity index (χ0n) is 14.1. The maximum atomic E-state index is 12.4. The summed E-state index contributed by atoms with van der Waals surface area (Å²) in [6.07, 6.45) is 4.31. The minimum atomic E-state index is -0.319. The fourth-order valence-electron chi connectivity index (χ4n) is 3.30. The Labute approximate surface area is 124 Å². The van der Waals surface area contributed by atoms with E-state index < -0.39 is 0 Å². The molecule has 3 atom stereocenters.